The Morgan fingerprint density at radius 3 is 1.65 bits per heavy atom. The maximum atomic E-state index is 12.4. The number of rotatable bonds is 36. The van der Waals surface area contributed by atoms with E-state index >= 15 is 0 Å². The smallest absolute Gasteiger partial charge is 0.306 e. The van der Waals surface area contributed by atoms with E-state index in [-0.39, 0.29) is 18.0 Å². The molecule has 0 unspecified atom stereocenters. The number of ether oxygens (including phenoxy) is 2. The lowest BCUT2D eigenvalue weighted by Gasteiger charge is -2.23. The molecule has 0 aliphatic heterocycles. The zero-order valence-electron chi connectivity index (χ0n) is 33.6. The first kappa shape index (κ1) is 46.6. The van der Waals surface area contributed by atoms with Gasteiger partial charge in [0.25, 0.3) is 10.9 Å². The molecule has 0 atom stereocenters. The monoisotopic (exact) mass is 720 g/mol. The van der Waals surface area contributed by atoms with Crippen molar-refractivity contribution in [3.8, 4) is 0 Å². The van der Waals surface area contributed by atoms with E-state index < -0.39 is 10.9 Å². The molecule has 296 valence electrons. The van der Waals surface area contributed by atoms with Gasteiger partial charge in [0.15, 0.2) is 0 Å². The summed E-state index contributed by atoms with van der Waals surface area (Å²) in [5.74, 6) is 0.594. The first-order valence-corrected chi connectivity index (χ1v) is 21.1. The second-order valence-corrected chi connectivity index (χ2v) is 14.7. The van der Waals surface area contributed by atoms with E-state index in [1.807, 2.05) is 0 Å². The molecule has 2 N–H and O–H groups in total. The van der Waals surface area contributed by atoms with E-state index in [0.29, 0.717) is 43.3 Å². The predicted octanol–water partition coefficient (Wildman–Crippen LogP) is 9.55. The Hall–Kier alpha value is -2.42. The van der Waals surface area contributed by atoms with Gasteiger partial charge in [-0.1, -0.05) is 118 Å². The van der Waals surface area contributed by atoms with Crippen LogP contribution in [0.25, 0.3) is 0 Å². The Kier molecular flexibility index (Phi) is 28.5. The Morgan fingerprint density at radius 1 is 0.588 bits per heavy atom. The normalized spacial score (nSPS) is 11.6. The van der Waals surface area contributed by atoms with Crippen LogP contribution in [0.3, 0.4) is 0 Å². The fraction of sp³-hybridized carbons (Fsp3) is 0.857. The molecule has 9 nitrogen and oxygen atoms in total. The van der Waals surface area contributed by atoms with Crippen molar-refractivity contribution in [1.82, 2.24) is 4.90 Å². The lowest BCUT2D eigenvalue weighted by Crippen LogP contribution is -2.37. The molecular formula is C42H77N3O6. The van der Waals surface area contributed by atoms with E-state index in [2.05, 4.69) is 43.2 Å². The molecule has 51 heavy (non-hydrogen) atoms. The van der Waals surface area contributed by atoms with Gasteiger partial charge in [0.1, 0.15) is 17.5 Å². The van der Waals surface area contributed by atoms with Gasteiger partial charge in [-0.2, -0.15) is 0 Å². The summed E-state index contributed by atoms with van der Waals surface area (Å²) in [7, 11) is 1.66. The van der Waals surface area contributed by atoms with E-state index in [9.17, 15) is 19.2 Å². The second-order valence-electron chi connectivity index (χ2n) is 14.7. The number of unbranched alkanes of at least 4 members (excludes halogenated alkanes) is 10. The number of nitrogens with zero attached hydrogens (tertiary/aromatic N) is 1. The van der Waals surface area contributed by atoms with Gasteiger partial charge < -0.3 is 25.0 Å². The minimum atomic E-state index is -0.443. The Morgan fingerprint density at radius 2 is 1.10 bits per heavy atom. The number of esters is 2. The summed E-state index contributed by atoms with van der Waals surface area (Å²) in [6.45, 7) is 13.0. The number of anilines is 2. The zero-order valence-corrected chi connectivity index (χ0v) is 33.6. The molecule has 0 aliphatic carbocycles. The van der Waals surface area contributed by atoms with Crippen LogP contribution in [0, 0.1) is 5.92 Å². The SMILES string of the molecule is CCCCC(CCCC)OC(=O)CCCCCCCN(CCCCCCCC(=O)OCCC(CCC)CCC)CCCNc1c(NC)c(=O)c1=O. The molecule has 0 amide bonds. The Bertz CT molecular complexity index is 1070. The predicted molar refractivity (Wildman–Crippen MR) is 214 cm³/mol. The summed E-state index contributed by atoms with van der Waals surface area (Å²) in [5.41, 5.74) is -0.0742. The highest BCUT2D eigenvalue weighted by atomic mass is 16.5. The summed E-state index contributed by atoms with van der Waals surface area (Å²) in [5, 5.41) is 5.98. The maximum absolute atomic E-state index is 12.4. The fourth-order valence-corrected chi connectivity index (χ4v) is 6.95. The minimum Gasteiger partial charge on any atom is -0.466 e. The van der Waals surface area contributed by atoms with E-state index in [0.717, 1.165) is 135 Å². The van der Waals surface area contributed by atoms with Crippen LogP contribution in [-0.4, -0.2) is 62.8 Å². The van der Waals surface area contributed by atoms with Gasteiger partial charge in [0.05, 0.1) is 6.61 Å². The van der Waals surface area contributed by atoms with Gasteiger partial charge in [-0.25, -0.2) is 0 Å². The van der Waals surface area contributed by atoms with Crippen molar-refractivity contribution in [2.24, 2.45) is 5.92 Å². The van der Waals surface area contributed by atoms with Gasteiger partial charge in [-0.3, -0.25) is 19.2 Å². The van der Waals surface area contributed by atoms with E-state index in [1.165, 1.54) is 25.7 Å². The summed E-state index contributed by atoms with van der Waals surface area (Å²) in [6, 6.07) is 0. The molecule has 0 heterocycles. The molecule has 0 saturated heterocycles. The van der Waals surface area contributed by atoms with Crippen LogP contribution in [0.1, 0.15) is 182 Å². The van der Waals surface area contributed by atoms with Crippen molar-refractivity contribution in [3.63, 3.8) is 0 Å². The first-order chi connectivity index (χ1) is 24.8. The molecule has 0 aliphatic rings. The van der Waals surface area contributed by atoms with Crippen LogP contribution in [0.4, 0.5) is 11.4 Å². The van der Waals surface area contributed by atoms with E-state index in [1.54, 1.807) is 7.05 Å². The molecule has 0 spiro atoms. The highest BCUT2D eigenvalue weighted by Crippen LogP contribution is 2.19. The van der Waals surface area contributed by atoms with Crippen molar-refractivity contribution in [1.29, 1.82) is 0 Å². The van der Waals surface area contributed by atoms with Crippen LogP contribution < -0.4 is 21.5 Å². The molecule has 0 fully saturated rings. The Labute approximate surface area is 311 Å². The number of carbonyl (C=O) groups is 2. The van der Waals surface area contributed by atoms with Gasteiger partial charge in [0, 0.05) is 26.4 Å². The molecule has 0 bridgehead atoms. The van der Waals surface area contributed by atoms with Gasteiger partial charge >= 0.3 is 11.9 Å². The van der Waals surface area contributed by atoms with Gasteiger partial charge in [-0.15, -0.1) is 0 Å². The minimum absolute atomic E-state index is 0.0317. The van der Waals surface area contributed by atoms with Crippen LogP contribution in [0.5, 0.6) is 0 Å². The first-order valence-electron chi connectivity index (χ1n) is 21.1. The van der Waals surface area contributed by atoms with Crippen molar-refractivity contribution < 1.29 is 19.1 Å². The van der Waals surface area contributed by atoms with Crippen molar-refractivity contribution in [2.75, 3.05) is 50.5 Å². The van der Waals surface area contributed by atoms with Crippen LogP contribution in [0.2, 0.25) is 0 Å². The van der Waals surface area contributed by atoms with Gasteiger partial charge in [0.2, 0.25) is 0 Å². The third-order valence-electron chi connectivity index (χ3n) is 10.1. The lowest BCUT2D eigenvalue weighted by molar-refractivity contribution is -0.150. The molecule has 0 saturated carbocycles. The second kappa shape index (κ2) is 31.1. The van der Waals surface area contributed by atoms with Crippen LogP contribution in [0.15, 0.2) is 9.59 Å². The quantitative estimate of drug-likeness (QED) is 0.0398. The molecular weight excluding hydrogens is 642 g/mol. The van der Waals surface area contributed by atoms with Gasteiger partial charge in [-0.05, 0) is 76.9 Å². The average Bonchev–Trinajstić information content (AvgIpc) is 3.12. The lowest BCUT2D eigenvalue weighted by atomic mass is 9.95. The van der Waals surface area contributed by atoms with E-state index in [4.69, 9.17) is 9.47 Å². The standard InChI is InChI=1S/C42H77N3O6/c1-6-10-25-36(26-11-7-2)51-38(47)28-19-15-13-17-21-32-45(33-22-30-44-40-39(43-5)41(48)42(40)49)31-20-16-12-14-18-27-37(46)50-34-29-35(23-8-3)24-9-4/h35-36,43-44H,6-34H2,1-5H3. The highest BCUT2D eigenvalue weighted by Gasteiger charge is 2.19. The molecule has 1 rings (SSSR count). The molecule has 1 aromatic carbocycles. The van der Waals surface area contributed by atoms with Crippen LogP contribution >= 0.6 is 0 Å². The fourth-order valence-electron chi connectivity index (χ4n) is 6.95. The van der Waals surface area contributed by atoms with Crippen molar-refractivity contribution >= 4 is 23.3 Å². The molecule has 1 aromatic rings. The Balaban J connectivity index is 2.34. The number of hydrogen-bond acceptors (Lipinski definition) is 9. The maximum Gasteiger partial charge on any atom is 0.306 e. The van der Waals surface area contributed by atoms with Crippen molar-refractivity contribution in [3.05, 3.63) is 20.4 Å². The molecule has 0 radical (unpaired) electrons. The van der Waals surface area contributed by atoms with Crippen molar-refractivity contribution in [2.45, 2.75) is 188 Å². The average molecular weight is 720 g/mol. The topological polar surface area (TPSA) is 114 Å². The number of carbonyl (C=O) groups excluding carboxylic acids is 2. The summed E-state index contributed by atoms with van der Waals surface area (Å²) < 4.78 is 11.3. The summed E-state index contributed by atoms with van der Waals surface area (Å²) in [4.78, 5) is 50.7. The molecule has 9 heteroatoms. The highest BCUT2D eigenvalue weighted by molar-refractivity contribution is 5.73. The zero-order chi connectivity index (χ0) is 37.5. The number of hydrogen-bond donors (Lipinski definition) is 2. The molecule has 0 aromatic heterocycles. The third kappa shape index (κ3) is 22.3. The third-order valence-corrected chi connectivity index (χ3v) is 10.1. The van der Waals surface area contributed by atoms with Crippen LogP contribution in [-0.2, 0) is 19.1 Å². The number of nitrogens with one attached hydrogen (secondary N) is 2. The summed E-state index contributed by atoms with van der Waals surface area (Å²) in [6.07, 6.45) is 24.9. The largest absolute Gasteiger partial charge is 0.466 e. The summed E-state index contributed by atoms with van der Waals surface area (Å²) >= 11 is 0.